The first-order valence-corrected chi connectivity index (χ1v) is 5.64. The number of anilines is 1. The van der Waals surface area contributed by atoms with E-state index in [9.17, 15) is 0 Å². The molecular weight excluding hydrogens is 198 g/mol. The molecule has 0 bridgehead atoms. The van der Waals surface area contributed by atoms with Gasteiger partial charge in [0.05, 0.1) is 12.0 Å². The monoisotopic (exact) mass is 215 g/mol. The molecule has 1 aromatic carbocycles. The van der Waals surface area contributed by atoms with Gasteiger partial charge in [0.15, 0.2) is 0 Å². The summed E-state index contributed by atoms with van der Waals surface area (Å²) in [4.78, 5) is 4.34. The SMILES string of the molecule is CCn1cnc(CCc2ccccc2)c1N. The van der Waals surface area contributed by atoms with Crippen molar-refractivity contribution in [2.45, 2.75) is 26.3 Å². The molecule has 0 saturated heterocycles. The zero-order valence-electron chi connectivity index (χ0n) is 9.56. The number of rotatable bonds is 4. The van der Waals surface area contributed by atoms with Gasteiger partial charge in [-0.25, -0.2) is 4.98 Å². The maximum absolute atomic E-state index is 5.98. The number of nitrogens with zero attached hydrogens (tertiary/aromatic N) is 2. The van der Waals surface area contributed by atoms with Crippen LogP contribution in [0.5, 0.6) is 0 Å². The minimum atomic E-state index is 0.804. The van der Waals surface area contributed by atoms with Gasteiger partial charge in [-0.05, 0) is 25.3 Å². The molecule has 1 aromatic heterocycles. The van der Waals surface area contributed by atoms with Crippen LogP contribution in [0.3, 0.4) is 0 Å². The summed E-state index contributed by atoms with van der Waals surface area (Å²) in [5.41, 5.74) is 8.31. The highest BCUT2D eigenvalue weighted by Gasteiger charge is 2.05. The number of aryl methyl sites for hydroxylation is 3. The Morgan fingerprint density at radius 3 is 2.56 bits per heavy atom. The number of benzene rings is 1. The summed E-state index contributed by atoms with van der Waals surface area (Å²) in [6, 6.07) is 10.4. The molecule has 16 heavy (non-hydrogen) atoms. The van der Waals surface area contributed by atoms with E-state index < -0.39 is 0 Å². The summed E-state index contributed by atoms with van der Waals surface area (Å²) in [7, 11) is 0. The normalized spacial score (nSPS) is 10.6. The molecule has 0 amide bonds. The average molecular weight is 215 g/mol. The lowest BCUT2D eigenvalue weighted by molar-refractivity contribution is 0.771. The highest BCUT2D eigenvalue weighted by molar-refractivity contribution is 5.36. The van der Waals surface area contributed by atoms with Crippen molar-refractivity contribution in [3.8, 4) is 0 Å². The van der Waals surface area contributed by atoms with Crippen LogP contribution in [0.2, 0.25) is 0 Å². The summed E-state index contributed by atoms with van der Waals surface area (Å²) >= 11 is 0. The van der Waals surface area contributed by atoms with Gasteiger partial charge in [0.2, 0.25) is 0 Å². The van der Waals surface area contributed by atoms with Crippen molar-refractivity contribution in [1.29, 1.82) is 0 Å². The topological polar surface area (TPSA) is 43.8 Å². The van der Waals surface area contributed by atoms with E-state index in [2.05, 4.69) is 36.2 Å². The van der Waals surface area contributed by atoms with E-state index in [1.54, 1.807) is 0 Å². The molecule has 1 heterocycles. The van der Waals surface area contributed by atoms with E-state index in [-0.39, 0.29) is 0 Å². The van der Waals surface area contributed by atoms with Gasteiger partial charge in [0.25, 0.3) is 0 Å². The molecule has 2 aromatic rings. The maximum Gasteiger partial charge on any atom is 0.126 e. The summed E-state index contributed by atoms with van der Waals surface area (Å²) in [6.07, 6.45) is 3.71. The lowest BCUT2D eigenvalue weighted by atomic mass is 10.1. The summed E-state index contributed by atoms with van der Waals surface area (Å²) in [5.74, 6) is 0.804. The number of nitrogens with two attached hydrogens (primary N) is 1. The van der Waals surface area contributed by atoms with Gasteiger partial charge < -0.3 is 10.3 Å². The van der Waals surface area contributed by atoms with Gasteiger partial charge >= 0.3 is 0 Å². The van der Waals surface area contributed by atoms with Gasteiger partial charge in [0, 0.05) is 6.54 Å². The predicted octanol–water partition coefficient (Wildman–Crippen LogP) is 2.27. The van der Waals surface area contributed by atoms with Crippen LogP contribution in [-0.2, 0) is 19.4 Å². The molecule has 0 aliphatic rings. The second kappa shape index (κ2) is 4.84. The number of hydrogen-bond donors (Lipinski definition) is 1. The van der Waals surface area contributed by atoms with Crippen molar-refractivity contribution >= 4 is 5.82 Å². The van der Waals surface area contributed by atoms with E-state index >= 15 is 0 Å². The molecule has 0 spiro atoms. The Morgan fingerprint density at radius 2 is 1.94 bits per heavy atom. The average Bonchev–Trinajstić information content (AvgIpc) is 2.69. The van der Waals surface area contributed by atoms with Crippen LogP contribution >= 0.6 is 0 Å². The molecule has 2 rings (SSSR count). The smallest absolute Gasteiger partial charge is 0.126 e. The van der Waals surface area contributed by atoms with E-state index in [0.29, 0.717) is 0 Å². The van der Waals surface area contributed by atoms with Crippen LogP contribution in [0.1, 0.15) is 18.2 Å². The van der Waals surface area contributed by atoms with Crippen LogP contribution in [-0.4, -0.2) is 9.55 Å². The fraction of sp³-hybridized carbons (Fsp3) is 0.308. The Morgan fingerprint density at radius 1 is 1.19 bits per heavy atom. The second-order valence-corrected chi connectivity index (χ2v) is 3.85. The molecule has 0 aliphatic heterocycles. The van der Waals surface area contributed by atoms with Crippen LogP contribution in [0.4, 0.5) is 5.82 Å². The van der Waals surface area contributed by atoms with E-state index in [0.717, 1.165) is 30.9 Å². The highest BCUT2D eigenvalue weighted by Crippen LogP contribution is 2.13. The van der Waals surface area contributed by atoms with Crippen LogP contribution in [0.25, 0.3) is 0 Å². The quantitative estimate of drug-likeness (QED) is 0.850. The lowest BCUT2D eigenvalue weighted by Gasteiger charge is -2.02. The minimum absolute atomic E-state index is 0.804. The van der Waals surface area contributed by atoms with Crippen molar-refractivity contribution in [2.24, 2.45) is 0 Å². The molecule has 84 valence electrons. The maximum atomic E-state index is 5.98. The molecule has 0 fully saturated rings. The third kappa shape index (κ3) is 2.24. The van der Waals surface area contributed by atoms with Gasteiger partial charge in [-0.3, -0.25) is 0 Å². The molecule has 0 aliphatic carbocycles. The van der Waals surface area contributed by atoms with Crippen LogP contribution in [0.15, 0.2) is 36.7 Å². The molecule has 0 unspecified atom stereocenters. The number of imidazole rings is 1. The zero-order valence-corrected chi connectivity index (χ0v) is 9.56. The fourth-order valence-corrected chi connectivity index (χ4v) is 1.79. The van der Waals surface area contributed by atoms with E-state index in [4.69, 9.17) is 5.73 Å². The van der Waals surface area contributed by atoms with Crippen molar-refractivity contribution < 1.29 is 0 Å². The predicted molar refractivity (Wildman–Crippen MR) is 66.2 cm³/mol. The highest BCUT2D eigenvalue weighted by atomic mass is 15.1. The van der Waals surface area contributed by atoms with Crippen LogP contribution < -0.4 is 5.73 Å². The third-order valence-electron chi connectivity index (χ3n) is 2.79. The van der Waals surface area contributed by atoms with Gasteiger partial charge in [-0.1, -0.05) is 30.3 Å². The minimum Gasteiger partial charge on any atom is -0.384 e. The van der Waals surface area contributed by atoms with Crippen LogP contribution in [0, 0.1) is 0 Å². The van der Waals surface area contributed by atoms with E-state index in [1.807, 2.05) is 17.0 Å². The molecule has 0 atom stereocenters. The number of nitrogen functional groups attached to an aromatic ring is 1. The van der Waals surface area contributed by atoms with Gasteiger partial charge in [-0.2, -0.15) is 0 Å². The Labute approximate surface area is 95.9 Å². The molecule has 3 nitrogen and oxygen atoms in total. The number of hydrogen-bond acceptors (Lipinski definition) is 2. The van der Waals surface area contributed by atoms with Crippen molar-refractivity contribution in [2.75, 3.05) is 5.73 Å². The third-order valence-corrected chi connectivity index (χ3v) is 2.79. The molecule has 2 N–H and O–H groups in total. The first-order valence-electron chi connectivity index (χ1n) is 5.64. The zero-order chi connectivity index (χ0) is 11.4. The first kappa shape index (κ1) is 10.7. The summed E-state index contributed by atoms with van der Waals surface area (Å²) in [5, 5.41) is 0. The molecule has 0 radical (unpaired) electrons. The Balaban J connectivity index is 2.02. The van der Waals surface area contributed by atoms with Crippen molar-refractivity contribution in [3.63, 3.8) is 0 Å². The molecule has 3 heteroatoms. The van der Waals surface area contributed by atoms with Crippen molar-refractivity contribution in [1.82, 2.24) is 9.55 Å². The fourth-order valence-electron chi connectivity index (χ4n) is 1.79. The number of aromatic nitrogens is 2. The van der Waals surface area contributed by atoms with Gasteiger partial charge in [0.1, 0.15) is 5.82 Å². The van der Waals surface area contributed by atoms with Gasteiger partial charge in [-0.15, -0.1) is 0 Å². The van der Waals surface area contributed by atoms with E-state index in [1.165, 1.54) is 5.56 Å². The summed E-state index contributed by atoms with van der Waals surface area (Å²) in [6.45, 7) is 2.95. The Bertz CT molecular complexity index is 445. The Hall–Kier alpha value is -1.77. The molecular formula is C13H17N3. The van der Waals surface area contributed by atoms with Crippen molar-refractivity contribution in [3.05, 3.63) is 47.9 Å². The largest absolute Gasteiger partial charge is 0.384 e. The summed E-state index contributed by atoms with van der Waals surface area (Å²) < 4.78 is 1.97. The Kier molecular flexibility index (Phi) is 3.25. The standard InChI is InChI=1S/C13H17N3/c1-2-16-10-15-12(13(16)14)9-8-11-6-4-3-5-7-11/h3-7,10H,2,8-9,14H2,1H3. The second-order valence-electron chi connectivity index (χ2n) is 3.85. The lowest BCUT2D eigenvalue weighted by Crippen LogP contribution is -2.02. The molecule has 0 saturated carbocycles. The first-order chi connectivity index (χ1) is 7.81.